The van der Waals surface area contributed by atoms with E-state index in [1.54, 1.807) is 6.07 Å². The molecule has 0 amide bonds. The van der Waals surface area contributed by atoms with Gasteiger partial charge >= 0.3 is 0 Å². The summed E-state index contributed by atoms with van der Waals surface area (Å²) in [7, 11) is 0. The molecule has 0 bridgehead atoms. The highest BCUT2D eigenvalue weighted by Gasteiger charge is 2.17. The van der Waals surface area contributed by atoms with Crippen molar-refractivity contribution in [2.75, 3.05) is 6.54 Å². The summed E-state index contributed by atoms with van der Waals surface area (Å²) in [5.74, 6) is -0.222. The molecule has 1 heterocycles. The molecule has 0 aliphatic rings. The van der Waals surface area contributed by atoms with E-state index >= 15 is 0 Å². The minimum Gasteiger partial charge on any atom is -0.310 e. The molecule has 2 rings (SSSR count). The molecule has 1 N–H and O–H groups in total. The van der Waals surface area contributed by atoms with E-state index in [1.165, 1.54) is 6.07 Å². The molecule has 0 fully saturated rings. The zero-order valence-electron chi connectivity index (χ0n) is 12.4. The van der Waals surface area contributed by atoms with Crippen LogP contribution in [0.2, 0.25) is 0 Å². The van der Waals surface area contributed by atoms with Crippen LogP contribution in [0.3, 0.4) is 0 Å². The second-order valence-corrected chi connectivity index (χ2v) is 5.85. The number of nitrogens with zero attached hydrogens (tertiary/aromatic N) is 2. The van der Waals surface area contributed by atoms with Crippen LogP contribution in [0.1, 0.15) is 37.4 Å². The molecule has 1 atom stereocenters. The Morgan fingerprint density at radius 2 is 2.19 bits per heavy atom. The van der Waals surface area contributed by atoms with Gasteiger partial charge in [-0.2, -0.15) is 5.10 Å². The Bertz CT molecular complexity index is 583. The Hall–Kier alpha value is -1.20. The van der Waals surface area contributed by atoms with E-state index in [0.29, 0.717) is 4.47 Å². The zero-order valence-corrected chi connectivity index (χ0v) is 14.0. The Morgan fingerprint density at radius 1 is 1.38 bits per heavy atom. The normalized spacial score (nSPS) is 12.6. The summed E-state index contributed by atoms with van der Waals surface area (Å²) in [6, 6.07) is 5.26. The number of aryl methyl sites for hydroxylation is 1. The van der Waals surface area contributed by atoms with Crippen LogP contribution in [-0.2, 0) is 13.0 Å². The lowest BCUT2D eigenvalue weighted by molar-refractivity contribution is 0.520. The molecular formula is C16H21BrFN3. The van der Waals surface area contributed by atoms with Crippen molar-refractivity contribution in [1.82, 2.24) is 15.1 Å². The number of benzene rings is 1. The zero-order chi connectivity index (χ0) is 15.2. The topological polar surface area (TPSA) is 29.9 Å². The van der Waals surface area contributed by atoms with Gasteiger partial charge in [0.2, 0.25) is 0 Å². The van der Waals surface area contributed by atoms with Gasteiger partial charge in [-0.25, -0.2) is 4.39 Å². The Morgan fingerprint density at radius 3 is 2.86 bits per heavy atom. The Kier molecular flexibility index (Phi) is 5.94. The van der Waals surface area contributed by atoms with Crippen LogP contribution in [0.4, 0.5) is 4.39 Å². The van der Waals surface area contributed by atoms with Gasteiger partial charge in [-0.3, -0.25) is 4.68 Å². The summed E-state index contributed by atoms with van der Waals surface area (Å²) in [5.41, 5.74) is 2.11. The fourth-order valence-electron chi connectivity index (χ4n) is 2.32. The first-order valence-corrected chi connectivity index (χ1v) is 8.13. The Labute approximate surface area is 133 Å². The number of aromatic nitrogens is 2. The van der Waals surface area contributed by atoms with Crippen molar-refractivity contribution in [3.8, 4) is 0 Å². The summed E-state index contributed by atoms with van der Waals surface area (Å²) < 4.78 is 16.2. The smallest absolute Gasteiger partial charge is 0.137 e. The fourth-order valence-corrected chi connectivity index (χ4v) is 2.86. The number of hydrogen-bond acceptors (Lipinski definition) is 2. The maximum absolute atomic E-state index is 13.8. The molecule has 114 valence electrons. The lowest BCUT2D eigenvalue weighted by atomic mass is 10.0. The van der Waals surface area contributed by atoms with Gasteiger partial charge in [0.15, 0.2) is 0 Å². The number of hydrogen-bond donors (Lipinski definition) is 1. The van der Waals surface area contributed by atoms with Crippen LogP contribution >= 0.6 is 15.9 Å². The molecule has 5 heteroatoms. The maximum atomic E-state index is 13.8. The van der Waals surface area contributed by atoms with E-state index < -0.39 is 0 Å². The second-order valence-electron chi connectivity index (χ2n) is 5.06. The lowest BCUT2D eigenvalue weighted by Crippen LogP contribution is -2.24. The first-order chi connectivity index (χ1) is 10.2. The van der Waals surface area contributed by atoms with Crippen LogP contribution in [-0.4, -0.2) is 16.3 Å². The van der Waals surface area contributed by atoms with E-state index in [4.69, 9.17) is 0 Å². The minimum atomic E-state index is -0.222. The van der Waals surface area contributed by atoms with Gasteiger partial charge in [-0.15, -0.1) is 0 Å². The van der Waals surface area contributed by atoms with Crippen LogP contribution in [0, 0.1) is 5.82 Å². The van der Waals surface area contributed by atoms with Gasteiger partial charge in [0.05, 0.1) is 10.7 Å². The fraction of sp³-hybridized carbons (Fsp3) is 0.438. The minimum absolute atomic E-state index is 0.0736. The second kappa shape index (κ2) is 7.71. The summed E-state index contributed by atoms with van der Waals surface area (Å²) >= 11 is 3.37. The van der Waals surface area contributed by atoms with Crippen molar-refractivity contribution in [1.29, 1.82) is 0 Å². The number of halogens is 2. The van der Waals surface area contributed by atoms with Crippen molar-refractivity contribution in [3.05, 3.63) is 52.0 Å². The van der Waals surface area contributed by atoms with Crippen molar-refractivity contribution in [2.24, 2.45) is 0 Å². The van der Waals surface area contributed by atoms with E-state index in [2.05, 4.69) is 40.2 Å². The molecule has 0 spiro atoms. The summed E-state index contributed by atoms with van der Waals surface area (Å²) in [6.45, 7) is 5.94. The summed E-state index contributed by atoms with van der Waals surface area (Å²) in [5, 5.41) is 7.80. The third-order valence-electron chi connectivity index (χ3n) is 3.45. The van der Waals surface area contributed by atoms with Crippen LogP contribution in [0.15, 0.2) is 35.1 Å². The molecule has 0 saturated heterocycles. The van der Waals surface area contributed by atoms with E-state index in [-0.39, 0.29) is 11.9 Å². The van der Waals surface area contributed by atoms with Gasteiger partial charge in [-0.05, 0) is 59.4 Å². The summed E-state index contributed by atoms with van der Waals surface area (Å²) in [6.07, 6.45) is 5.77. The summed E-state index contributed by atoms with van der Waals surface area (Å²) in [4.78, 5) is 0. The predicted octanol–water partition coefficient (Wildman–Crippen LogP) is 4.09. The number of rotatable bonds is 7. The van der Waals surface area contributed by atoms with Crippen LogP contribution in [0.5, 0.6) is 0 Å². The number of nitrogens with one attached hydrogen (secondary N) is 1. The van der Waals surface area contributed by atoms with Gasteiger partial charge in [-0.1, -0.05) is 19.1 Å². The highest BCUT2D eigenvalue weighted by molar-refractivity contribution is 9.10. The van der Waals surface area contributed by atoms with Crippen LogP contribution < -0.4 is 5.32 Å². The first kappa shape index (κ1) is 16.2. The molecule has 1 aromatic carbocycles. The van der Waals surface area contributed by atoms with Gasteiger partial charge in [0, 0.05) is 18.8 Å². The lowest BCUT2D eigenvalue weighted by Gasteiger charge is -2.20. The standard InChI is InChI=1S/C16H21BrFN3/c1-3-8-19-15(9-12-10-20-21(4-2)11-12)13-6-5-7-14(18)16(13)17/h5-7,10-11,15,19H,3-4,8-9H2,1-2H3. The van der Waals surface area contributed by atoms with E-state index in [1.807, 2.05) is 23.1 Å². The van der Waals surface area contributed by atoms with Crippen molar-refractivity contribution in [3.63, 3.8) is 0 Å². The van der Waals surface area contributed by atoms with Gasteiger partial charge in [0.1, 0.15) is 5.82 Å². The van der Waals surface area contributed by atoms with Gasteiger partial charge in [0.25, 0.3) is 0 Å². The monoisotopic (exact) mass is 353 g/mol. The molecule has 0 aliphatic heterocycles. The molecule has 2 aromatic rings. The average molecular weight is 354 g/mol. The van der Waals surface area contributed by atoms with E-state index in [0.717, 1.165) is 37.1 Å². The first-order valence-electron chi connectivity index (χ1n) is 7.34. The molecule has 0 radical (unpaired) electrons. The molecule has 0 saturated carbocycles. The molecule has 1 unspecified atom stereocenters. The molecule has 21 heavy (non-hydrogen) atoms. The molecular weight excluding hydrogens is 333 g/mol. The third-order valence-corrected chi connectivity index (χ3v) is 4.28. The molecule has 1 aromatic heterocycles. The molecule has 3 nitrogen and oxygen atoms in total. The van der Waals surface area contributed by atoms with E-state index in [9.17, 15) is 4.39 Å². The van der Waals surface area contributed by atoms with Gasteiger partial charge < -0.3 is 5.32 Å². The largest absolute Gasteiger partial charge is 0.310 e. The SMILES string of the molecule is CCCNC(Cc1cnn(CC)c1)c1cccc(F)c1Br. The van der Waals surface area contributed by atoms with Crippen molar-refractivity contribution in [2.45, 2.75) is 39.3 Å². The average Bonchev–Trinajstić information content (AvgIpc) is 2.94. The van der Waals surface area contributed by atoms with Crippen molar-refractivity contribution < 1.29 is 4.39 Å². The van der Waals surface area contributed by atoms with Crippen molar-refractivity contribution >= 4 is 15.9 Å². The Balaban J connectivity index is 2.23. The molecule has 0 aliphatic carbocycles. The van der Waals surface area contributed by atoms with Crippen LogP contribution in [0.25, 0.3) is 0 Å². The third kappa shape index (κ3) is 4.14. The highest BCUT2D eigenvalue weighted by atomic mass is 79.9. The predicted molar refractivity (Wildman–Crippen MR) is 86.7 cm³/mol. The quantitative estimate of drug-likeness (QED) is 0.812. The maximum Gasteiger partial charge on any atom is 0.137 e. The highest BCUT2D eigenvalue weighted by Crippen LogP contribution is 2.28.